The van der Waals surface area contributed by atoms with Crippen molar-refractivity contribution in [1.82, 2.24) is 0 Å². The van der Waals surface area contributed by atoms with Crippen LogP contribution in [0.25, 0.3) is 0 Å². The lowest BCUT2D eigenvalue weighted by atomic mass is 10.1. The lowest BCUT2D eigenvalue weighted by Crippen LogP contribution is -2.31. The Hall–Kier alpha value is -1.51. The van der Waals surface area contributed by atoms with Gasteiger partial charge in [-0.05, 0) is 44.5 Å². The summed E-state index contributed by atoms with van der Waals surface area (Å²) in [5.74, 6) is -0.280. The van der Waals surface area contributed by atoms with Crippen LogP contribution in [0.3, 0.4) is 0 Å². The maximum absolute atomic E-state index is 11.5. The van der Waals surface area contributed by atoms with Gasteiger partial charge in [-0.1, -0.05) is 32.6 Å². The van der Waals surface area contributed by atoms with E-state index in [9.17, 15) is 4.79 Å². The molecule has 0 aromatic heterocycles. The van der Waals surface area contributed by atoms with E-state index < -0.39 is 0 Å². The first-order valence-electron chi connectivity index (χ1n) is 8.05. The van der Waals surface area contributed by atoms with Crippen LogP contribution in [0.1, 0.15) is 63.2 Å². The van der Waals surface area contributed by atoms with Crippen LogP contribution < -0.4 is 4.90 Å². The number of ether oxygens (including phenoxy) is 1. The second-order valence-corrected chi connectivity index (χ2v) is 5.74. The Morgan fingerprint density at radius 3 is 2.24 bits per heavy atom. The van der Waals surface area contributed by atoms with Crippen LogP contribution >= 0.6 is 0 Å². The average Bonchev–Trinajstić information content (AvgIpc) is 2.50. The van der Waals surface area contributed by atoms with E-state index in [0.717, 1.165) is 6.54 Å². The Morgan fingerprint density at radius 1 is 1.10 bits per heavy atom. The standard InChI is InChI=1S/C18H29NO2/c1-5-6-7-8-9-14-19(15(2)3)17-12-10-16(11-13-17)18(20)21-4/h10-13,15H,5-9,14H2,1-4H3. The molecule has 0 aliphatic rings. The van der Waals surface area contributed by atoms with Crippen molar-refractivity contribution in [3.8, 4) is 0 Å². The zero-order valence-corrected chi connectivity index (χ0v) is 13.9. The van der Waals surface area contributed by atoms with Crippen LogP contribution in [0.5, 0.6) is 0 Å². The highest BCUT2D eigenvalue weighted by molar-refractivity contribution is 5.89. The highest BCUT2D eigenvalue weighted by Gasteiger charge is 2.11. The van der Waals surface area contributed by atoms with Gasteiger partial charge in [0.25, 0.3) is 0 Å². The van der Waals surface area contributed by atoms with Gasteiger partial charge in [-0.25, -0.2) is 4.79 Å². The predicted molar refractivity (Wildman–Crippen MR) is 89.0 cm³/mol. The van der Waals surface area contributed by atoms with Gasteiger partial charge >= 0.3 is 5.97 Å². The molecule has 0 aliphatic heterocycles. The third-order valence-electron chi connectivity index (χ3n) is 3.75. The normalized spacial score (nSPS) is 10.7. The molecule has 1 rings (SSSR count). The predicted octanol–water partition coefficient (Wildman–Crippen LogP) is 4.66. The van der Waals surface area contributed by atoms with Crippen molar-refractivity contribution in [3.05, 3.63) is 29.8 Å². The van der Waals surface area contributed by atoms with E-state index in [0.29, 0.717) is 11.6 Å². The summed E-state index contributed by atoms with van der Waals surface area (Å²) in [7, 11) is 1.41. The number of benzene rings is 1. The van der Waals surface area contributed by atoms with Crippen LogP contribution in [0, 0.1) is 0 Å². The number of unbranched alkanes of at least 4 members (excludes halogenated alkanes) is 4. The average molecular weight is 291 g/mol. The Bertz CT molecular complexity index is 412. The molecule has 0 saturated carbocycles. The maximum atomic E-state index is 11.5. The van der Waals surface area contributed by atoms with Gasteiger partial charge < -0.3 is 9.64 Å². The van der Waals surface area contributed by atoms with Crippen molar-refractivity contribution in [2.45, 2.75) is 58.9 Å². The molecule has 0 unspecified atom stereocenters. The summed E-state index contributed by atoms with van der Waals surface area (Å²) in [6.07, 6.45) is 6.44. The van der Waals surface area contributed by atoms with Crippen LogP contribution in [0.4, 0.5) is 5.69 Å². The van der Waals surface area contributed by atoms with Gasteiger partial charge in [-0.3, -0.25) is 0 Å². The fraction of sp³-hybridized carbons (Fsp3) is 0.611. The first-order chi connectivity index (χ1) is 10.1. The first-order valence-corrected chi connectivity index (χ1v) is 8.05. The van der Waals surface area contributed by atoms with E-state index in [-0.39, 0.29) is 5.97 Å². The number of hydrogen-bond acceptors (Lipinski definition) is 3. The van der Waals surface area contributed by atoms with Crippen molar-refractivity contribution in [1.29, 1.82) is 0 Å². The van der Waals surface area contributed by atoms with E-state index >= 15 is 0 Å². The fourth-order valence-electron chi connectivity index (χ4n) is 2.48. The first kappa shape index (κ1) is 17.5. The number of methoxy groups -OCH3 is 1. The van der Waals surface area contributed by atoms with Crippen molar-refractivity contribution < 1.29 is 9.53 Å². The summed E-state index contributed by atoms with van der Waals surface area (Å²) in [5, 5.41) is 0. The molecule has 3 heteroatoms. The lowest BCUT2D eigenvalue weighted by molar-refractivity contribution is 0.0601. The van der Waals surface area contributed by atoms with Gasteiger partial charge in [0.05, 0.1) is 12.7 Å². The molecule has 0 amide bonds. The van der Waals surface area contributed by atoms with Gasteiger partial charge in [-0.15, -0.1) is 0 Å². The largest absolute Gasteiger partial charge is 0.465 e. The maximum Gasteiger partial charge on any atom is 0.337 e. The van der Waals surface area contributed by atoms with Crippen LogP contribution in [-0.2, 0) is 4.74 Å². The molecule has 118 valence electrons. The van der Waals surface area contributed by atoms with E-state index in [2.05, 4.69) is 25.7 Å². The number of carbonyl (C=O) groups excluding carboxylic acids is 1. The molecule has 0 saturated heterocycles. The topological polar surface area (TPSA) is 29.5 Å². The highest BCUT2D eigenvalue weighted by Crippen LogP contribution is 2.19. The van der Waals surface area contributed by atoms with Gasteiger partial charge in [0.15, 0.2) is 0 Å². The minimum absolute atomic E-state index is 0.280. The highest BCUT2D eigenvalue weighted by atomic mass is 16.5. The van der Waals surface area contributed by atoms with Crippen molar-refractivity contribution in [3.63, 3.8) is 0 Å². The van der Waals surface area contributed by atoms with Gasteiger partial charge in [-0.2, -0.15) is 0 Å². The summed E-state index contributed by atoms with van der Waals surface area (Å²) in [6.45, 7) is 7.72. The summed E-state index contributed by atoms with van der Waals surface area (Å²) < 4.78 is 4.73. The van der Waals surface area contributed by atoms with Crippen LogP contribution in [-0.4, -0.2) is 25.7 Å². The molecule has 0 heterocycles. The smallest absolute Gasteiger partial charge is 0.337 e. The van der Waals surface area contributed by atoms with Gasteiger partial charge in [0.1, 0.15) is 0 Å². The van der Waals surface area contributed by atoms with Crippen molar-refractivity contribution in [2.75, 3.05) is 18.6 Å². The third kappa shape index (κ3) is 5.78. The monoisotopic (exact) mass is 291 g/mol. The molecule has 0 atom stereocenters. The van der Waals surface area contributed by atoms with Gasteiger partial charge in [0, 0.05) is 18.3 Å². The Kier molecular flexibility index (Phi) is 7.88. The molecule has 0 N–H and O–H groups in total. The summed E-state index contributed by atoms with van der Waals surface area (Å²) in [4.78, 5) is 13.9. The minimum Gasteiger partial charge on any atom is -0.465 e. The van der Waals surface area contributed by atoms with Crippen molar-refractivity contribution in [2.24, 2.45) is 0 Å². The number of carbonyl (C=O) groups is 1. The van der Waals surface area contributed by atoms with E-state index in [4.69, 9.17) is 4.74 Å². The molecule has 0 spiro atoms. The van der Waals surface area contributed by atoms with E-state index in [1.54, 1.807) is 0 Å². The second-order valence-electron chi connectivity index (χ2n) is 5.74. The molecule has 1 aromatic carbocycles. The Labute approximate surface area is 129 Å². The molecule has 21 heavy (non-hydrogen) atoms. The summed E-state index contributed by atoms with van der Waals surface area (Å²) >= 11 is 0. The zero-order valence-electron chi connectivity index (χ0n) is 13.9. The number of anilines is 1. The Morgan fingerprint density at radius 2 is 1.71 bits per heavy atom. The minimum atomic E-state index is -0.280. The molecule has 3 nitrogen and oxygen atoms in total. The molecule has 1 aromatic rings. The third-order valence-corrected chi connectivity index (χ3v) is 3.75. The zero-order chi connectivity index (χ0) is 15.7. The number of esters is 1. The molecule has 0 bridgehead atoms. The molecule has 0 fully saturated rings. The number of nitrogens with zero attached hydrogens (tertiary/aromatic N) is 1. The molecular weight excluding hydrogens is 262 g/mol. The van der Waals surface area contributed by atoms with E-state index in [1.165, 1.54) is 44.9 Å². The quantitative estimate of drug-likeness (QED) is 0.489. The number of hydrogen-bond donors (Lipinski definition) is 0. The molecule has 0 radical (unpaired) electrons. The summed E-state index contributed by atoms with van der Waals surface area (Å²) in [5.41, 5.74) is 1.78. The van der Waals surface area contributed by atoms with Gasteiger partial charge in [0.2, 0.25) is 0 Å². The van der Waals surface area contributed by atoms with Crippen LogP contribution in [0.15, 0.2) is 24.3 Å². The fourth-order valence-corrected chi connectivity index (χ4v) is 2.48. The lowest BCUT2D eigenvalue weighted by Gasteiger charge is -2.29. The van der Waals surface area contributed by atoms with Crippen molar-refractivity contribution >= 4 is 11.7 Å². The summed E-state index contributed by atoms with van der Waals surface area (Å²) in [6, 6.07) is 8.16. The van der Waals surface area contributed by atoms with E-state index in [1.807, 2.05) is 24.3 Å². The SMILES string of the molecule is CCCCCCCN(c1ccc(C(=O)OC)cc1)C(C)C. The Balaban J connectivity index is 2.61. The number of rotatable bonds is 9. The van der Waals surface area contributed by atoms with Crippen LogP contribution in [0.2, 0.25) is 0 Å². The molecule has 0 aliphatic carbocycles. The second kappa shape index (κ2) is 9.43. The molecular formula is C18H29NO2.